The Hall–Kier alpha value is -0.830. The molecule has 0 bridgehead atoms. The van der Waals surface area contributed by atoms with Crippen LogP contribution in [0.1, 0.15) is 22.8 Å². The van der Waals surface area contributed by atoms with E-state index in [0.717, 1.165) is 22.1 Å². The SMILES string of the molecule is CCN(C)C(=O)c1cccc(C)c1Br. The number of hydrogen-bond donors (Lipinski definition) is 0. The molecule has 0 unspecified atom stereocenters. The van der Waals surface area contributed by atoms with Crippen molar-refractivity contribution >= 4 is 21.8 Å². The second-order valence-corrected chi connectivity index (χ2v) is 4.05. The molecule has 14 heavy (non-hydrogen) atoms. The van der Waals surface area contributed by atoms with Crippen LogP contribution in [-0.2, 0) is 0 Å². The molecule has 0 aromatic heterocycles. The number of nitrogens with zero attached hydrogens (tertiary/aromatic N) is 1. The van der Waals surface area contributed by atoms with Crippen LogP contribution >= 0.6 is 15.9 Å². The fourth-order valence-electron chi connectivity index (χ4n) is 1.16. The molecule has 0 saturated heterocycles. The molecule has 0 aliphatic rings. The lowest BCUT2D eigenvalue weighted by atomic mass is 10.1. The van der Waals surface area contributed by atoms with E-state index in [2.05, 4.69) is 15.9 Å². The third-order valence-electron chi connectivity index (χ3n) is 2.24. The standard InChI is InChI=1S/C11H14BrNO/c1-4-13(3)11(14)9-7-5-6-8(2)10(9)12/h5-7H,4H2,1-3H3. The first kappa shape index (κ1) is 11.2. The van der Waals surface area contributed by atoms with Crippen molar-refractivity contribution in [1.29, 1.82) is 0 Å². The van der Waals surface area contributed by atoms with Gasteiger partial charge in [-0.3, -0.25) is 4.79 Å². The van der Waals surface area contributed by atoms with Gasteiger partial charge in [-0.25, -0.2) is 0 Å². The summed E-state index contributed by atoms with van der Waals surface area (Å²) in [5.41, 5.74) is 1.81. The van der Waals surface area contributed by atoms with Gasteiger partial charge < -0.3 is 4.90 Å². The van der Waals surface area contributed by atoms with Crippen molar-refractivity contribution in [2.75, 3.05) is 13.6 Å². The van der Waals surface area contributed by atoms with E-state index < -0.39 is 0 Å². The molecule has 76 valence electrons. The van der Waals surface area contributed by atoms with Gasteiger partial charge in [0, 0.05) is 18.1 Å². The minimum absolute atomic E-state index is 0.0584. The van der Waals surface area contributed by atoms with E-state index in [9.17, 15) is 4.79 Å². The van der Waals surface area contributed by atoms with E-state index in [1.54, 1.807) is 11.9 Å². The number of amides is 1. The normalized spacial score (nSPS) is 10.0. The molecule has 0 atom stereocenters. The average molecular weight is 256 g/mol. The molecule has 0 spiro atoms. The highest BCUT2D eigenvalue weighted by Crippen LogP contribution is 2.21. The lowest BCUT2D eigenvalue weighted by Crippen LogP contribution is -2.26. The molecule has 1 aromatic carbocycles. The number of carbonyl (C=O) groups excluding carboxylic acids is 1. The summed E-state index contributed by atoms with van der Waals surface area (Å²) in [4.78, 5) is 13.5. The summed E-state index contributed by atoms with van der Waals surface area (Å²) in [6, 6.07) is 5.72. The van der Waals surface area contributed by atoms with Gasteiger partial charge in [0.15, 0.2) is 0 Å². The molecule has 0 aliphatic carbocycles. The van der Waals surface area contributed by atoms with Crippen LogP contribution < -0.4 is 0 Å². The van der Waals surface area contributed by atoms with E-state index in [0.29, 0.717) is 0 Å². The average Bonchev–Trinajstić information content (AvgIpc) is 2.20. The summed E-state index contributed by atoms with van der Waals surface area (Å²) in [5.74, 6) is 0.0584. The summed E-state index contributed by atoms with van der Waals surface area (Å²) in [6.07, 6.45) is 0. The highest BCUT2D eigenvalue weighted by molar-refractivity contribution is 9.10. The van der Waals surface area contributed by atoms with Crippen molar-refractivity contribution < 1.29 is 4.79 Å². The van der Waals surface area contributed by atoms with Crippen molar-refractivity contribution in [2.24, 2.45) is 0 Å². The number of carbonyl (C=O) groups is 1. The Morgan fingerprint density at radius 1 is 1.50 bits per heavy atom. The Kier molecular flexibility index (Phi) is 3.69. The number of rotatable bonds is 2. The molecular formula is C11H14BrNO. The zero-order chi connectivity index (χ0) is 10.7. The van der Waals surface area contributed by atoms with Crippen molar-refractivity contribution in [2.45, 2.75) is 13.8 Å². The van der Waals surface area contributed by atoms with Crippen LogP contribution in [0, 0.1) is 6.92 Å². The van der Waals surface area contributed by atoms with Crippen LogP contribution in [0.4, 0.5) is 0 Å². The first-order chi connectivity index (χ1) is 6.57. The van der Waals surface area contributed by atoms with Crippen molar-refractivity contribution in [3.05, 3.63) is 33.8 Å². The quantitative estimate of drug-likeness (QED) is 0.796. The van der Waals surface area contributed by atoms with Gasteiger partial charge in [-0.1, -0.05) is 12.1 Å². The smallest absolute Gasteiger partial charge is 0.254 e. The maximum atomic E-state index is 11.8. The second kappa shape index (κ2) is 4.60. The molecule has 0 N–H and O–H groups in total. The minimum Gasteiger partial charge on any atom is -0.342 e. The molecule has 2 nitrogen and oxygen atoms in total. The monoisotopic (exact) mass is 255 g/mol. The van der Waals surface area contributed by atoms with Crippen LogP contribution in [0.15, 0.2) is 22.7 Å². The minimum atomic E-state index is 0.0584. The van der Waals surface area contributed by atoms with Gasteiger partial charge in [0.1, 0.15) is 0 Å². The highest BCUT2D eigenvalue weighted by atomic mass is 79.9. The lowest BCUT2D eigenvalue weighted by molar-refractivity contribution is 0.0801. The van der Waals surface area contributed by atoms with Crippen LogP contribution in [-0.4, -0.2) is 24.4 Å². The number of hydrogen-bond acceptors (Lipinski definition) is 1. The first-order valence-corrected chi connectivity index (χ1v) is 5.37. The zero-order valence-electron chi connectivity index (χ0n) is 8.67. The van der Waals surface area contributed by atoms with Gasteiger partial charge in [-0.2, -0.15) is 0 Å². The van der Waals surface area contributed by atoms with Crippen LogP contribution in [0.3, 0.4) is 0 Å². The molecule has 1 rings (SSSR count). The molecule has 0 heterocycles. The van der Waals surface area contributed by atoms with E-state index in [-0.39, 0.29) is 5.91 Å². The highest BCUT2D eigenvalue weighted by Gasteiger charge is 2.13. The third-order valence-corrected chi connectivity index (χ3v) is 3.30. The Morgan fingerprint density at radius 3 is 2.71 bits per heavy atom. The molecule has 0 aliphatic heterocycles. The number of benzene rings is 1. The fourth-order valence-corrected chi connectivity index (χ4v) is 1.60. The molecule has 1 amide bonds. The topological polar surface area (TPSA) is 20.3 Å². The van der Waals surface area contributed by atoms with Crippen molar-refractivity contribution in [3.63, 3.8) is 0 Å². The number of halogens is 1. The van der Waals surface area contributed by atoms with Crippen LogP contribution in [0.25, 0.3) is 0 Å². The maximum absolute atomic E-state index is 11.8. The van der Waals surface area contributed by atoms with Crippen LogP contribution in [0.5, 0.6) is 0 Å². The van der Waals surface area contributed by atoms with Gasteiger partial charge in [-0.05, 0) is 41.4 Å². The number of aryl methyl sites for hydroxylation is 1. The maximum Gasteiger partial charge on any atom is 0.254 e. The van der Waals surface area contributed by atoms with E-state index >= 15 is 0 Å². The van der Waals surface area contributed by atoms with E-state index in [1.807, 2.05) is 32.0 Å². The van der Waals surface area contributed by atoms with Gasteiger partial charge in [0.05, 0.1) is 5.56 Å². The van der Waals surface area contributed by atoms with Crippen molar-refractivity contribution in [3.8, 4) is 0 Å². The summed E-state index contributed by atoms with van der Waals surface area (Å²) in [7, 11) is 1.80. The molecule has 3 heteroatoms. The lowest BCUT2D eigenvalue weighted by Gasteiger charge is -2.15. The van der Waals surface area contributed by atoms with Gasteiger partial charge in [0.25, 0.3) is 5.91 Å². The Morgan fingerprint density at radius 2 is 2.14 bits per heavy atom. The molecule has 1 aromatic rings. The molecule has 0 radical (unpaired) electrons. The Labute approximate surface area is 93.0 Å². The van der Waals surface area contributed by atoms with E-state index in [4.69, 9.17) is 0 Å². The summed E-state index contributed by atoms with van der Waals surface area (Å²) in [6.45, 7) is 4.66. The largest absolute Gasteiger partial charge is 0.342 e. The van der Waals surface area contributed by atoms with Gasteiger partial charge >= 0.3 is 0 Å². The predicted octanol–water partition coefficient (Wildman–Crippen LogP) is 2.85. The summed E-state index contributed by atoms with van der Waals surface area (Å²) < 4.78 is 0.894. The molecule has 0 fully saturated rings. The fraction of sp³-hybridized carbons (Fsp3) is 0.364. The zero-order valence-corrected chi connectivity index (χ0v) is 10.3. The molecular weight excluding hydrogens is 242 g/mol. The van der Waals surface area contributed by atoms with Gasteiger partial charge in [-0.15, -0.1) is 0 Å². The van der Waals surface area contributed by atoms with E-state index in [1.165, 1.54) is 0 Å². The molecule has 0 saturated carbocycles. The van der Waals surface area contributed by atoms with Gasteiger partial charge in [0.2, 0.25) is 0 Å². The Balaban J connectivity index is 3.07. The summed E-state index contributed by atoms with van der Waals surface area (Å²) >= 11 is 3.43. The van der Waals surface area contributed by atoms with Crippen LogP contribution in [0.2, 0.25) is 0 Å². The predicted molar refractivity (Wildman–Crippen MR) is 61.5 cm³/mol. The van der Waals surface area contributed by atoms with Crippen molar-refractivity contribution in [1.82, 2.24) is 4.90 Å². The third kappa shape index (κ3) is 2.15. The second-order valence-electron chi connectivity index (χ2n) is 3.26. The summed E-state index contributed by atoms with van der Waals surface area (Å²) in [5, 5.41) is 0. The Bertz CT molecular complexity index is 349. The first-order valence-electron chi connectivity index (χ1n) is 4.58.